The summed E-state index contributed by atoms with van der Waals surface area (Å²) in [5.41, 5.74) is 1.57. The maximum atomic E-state index is 11.0. The third-order valence-electron chi connectivity index (χ3n) is 3.61. The Bertz CT molecular complexity index is 1040. The molecule has 0 saturated carbocycles. The number of nitrogens with zero attached hydrogens (tertiary/aromatic N) is 2. The van der Waals surface area contributed by atoms with Crippen LogP contribution in [0.5, 0.6) is 0 Å². The number of aromatic amines is 1. The Hall–Kier alpha value is -3.41. The summed E-state index contributed by atoms with van der Waals surface area (Å²) in [7, 11) is 0. The molecule has 0 amide bonds. The monoisotopic (exact) mass is 304 g/mol. The summed E-state index contributed by atoms with van der Waals surface area (Å²) >= 11 is 0. The number of pyridine rings is 1. The van der Waals surface area contributed by atoms with Crippen LogP contribution in [0.2, 0.25) is 0 Å². The average Bonchev–Trinajstić information content (AvgIpc) is 2.96. The van der Waals surface area contributed by atoms with Gasteiger partial charge in [-0.15, -0.1) is 0 Å². The number of fused-ring (bicyclic) bond motifs is 2. The van der Waals surface area contributed by atoms with Crippen LogP contribution in [0, 0.1) is 0 Å². The van der Waals surface area contributed by atoms with Gasteiger partial charge in [0.2, 0.25) is 5.95 Å². The van der Waals surface area contributed by atoms with Crippen LogP contribution >= 0.6 is 0 Å². The zero-order valence-corrected chi connectivity index (χ0v) is 11.9. The Morgan fingerprint density at radius 2 is 1.91 bits per heavy atom. The molecule has 0 bridgehead atoms. The summed E-state index contributed by atoms with van der Waals surface area (Å²) in [6.45, 7) is 0. The largest absolute Gasteiger partial charge is 0.478 e. The summed E-state index contributed by atoms with van der Waals surface area (Å²) in [5.74, 6) is 0.221. The van der Waals surface area contributed by atoms with Gasteiger partial charge in [-0.25, -0.2) is 14.8 Å². The van der Waals surface area contributed by atoms with Gasteiger partial charge >= 0.3 is 5.97 Å². The molecule has 0 spiro atoms. The predicted octanol–water partition coefficient (Wildman–Crippen LogP) is 3.55. The van der Waals surface area contributed by atoms with Gasteiger partial charge in [0, 0.05) is 11.6 Å². The second-order valence-corrected chi connectivity index (χ2v) is 5.16. The number of aromatic carboxylic acids is 1. The number of imidazole rings is 1. The number of hydrogen-bond acceptors (Lipinski definition) is 4. The maximum absolute atomic E-state index is 11.0. The highest BCUT2D eigenvalue weighted by Crippen LogP contribution is 2.21. The van der Waals surface area contributed by atoms with Gasteiger partial charge in [-0.05, 0) is 29.7 Å². The van der Waals surface area contributed by atoms with Crippen molar-refractivity contribution in [2.24, 2.45) is 0 Å². The molecule has 4 aromatic rings. The third kappa shape index (κ3) is 2.46. The van der Waals surface area contributed by atoms with Crippen molar-refractivity contribution < 1.29 is 9.90 Å². The molecule has 6 heteroatoms. The predicted molar refractivity (Wildman–Crippen MR) is 88.1 cm³/mol. The minimum Gasteiger partial charge on any atom is -0.478 e. The van der Waals surface area contributed by atoms with Gasteiger partial charge in [-0.3, -0.25) is 0 Å². The van der Waals surface area contributed by atoms with Crippen molar-refractivity contribution in [2.45, 2.75) is 0 Å². The van der Waals surface area contributed by atoms with Crippen molar-refractivity contribution in [3.05, 3.63) is 60.3 Å². The highest BCUT2D eigenvalue weighted by atomic mass is 16.4. The van der Waals surface area contributed by atoms with Crippen LogP contribution in [0.4, 0.5) is 11.8 Å². The third-order valence-corrected chi connectivity index (χ3v) is 3.61. The molecule has 0 fully saturated rings. The van der Waals surface area contributed by atoms with Gasteiger partial charge in [0.25, 0.3) is 0 Å². The average molecular weight is 304 g/mol. The van der Waals surface area contributed by atoms with Crippen LogP contribution in [0.1, 0.15) is 10.4 Å². The molecule has 4 rings (SSSR count). The van der Waals surface area contributed by atoms with E-state index < -0.39 is 5.97 Å². The van der Waals surface area contributed by atoms with E-state index in [4.69, 9.17) is 5.11 Å². The number of carbonyl (C=O) groups is 1. The van der Waals surface area contributed by atoms with Crippen LogP contribution in [-0.2, 0) is 0 Å². The molecular formula is C17H12N4O2. The number of benzene rings is 2. The molecule has 2 aromatic heterocycles. The van der Waals surface area contributed by atoms with E-state index in [9.17, 15) is 4.79 Å². The summed E-state index contributed by atoms with van der Waals surface area (Å²) < 4.78 is 0. The molecule has 0 atom stereocenters. The van der Waals surface area contributed by atoms with Gasteiger partial charge in [-0.1, -0.05) is 24.3 Å². The molecular weight excluding hydrogens is 292 g/mol. The quantitative estimate of drug-likeness (QED) is 0.538. The normalized spacial score (nSPS) is 11.0. The lowest BCUT2D eigenvalue weighted by molar-refractivity contribution is 0.0697. The number of carboxylic acid groups (broad SMARTS) is 1. The summed E-state index contributed by atoms with van der Waals surface area (Å²) in [5, 5.41) is 14.3. The molecule has 6 nitrogen and oxygen atoms in total. The first kappa shape index (κ1) is 13.3. The zero-order chi connectivity index (χ0) is 15.8. The first-order valence-corrected chi connectivity index (χ1v) is 7.04. The fourth-order valence-electron chi connectivity index (χ4n) is 2.48. The number of hydrogen-bond donors (Lipinski definition) is 3. The molecule has 2 heterocycles. The fraction of sp³-hybridized carbons (Fsp3) is 0. The summed E-state index contributed by atoms with van der Waals surface area (Å²) in [6, 6.07) is 14.7. The molecule has 0 aliphatic carbocycles. The Kier molecular flexibility index (Phi) is 2.94. The van der Waals surface area contributed by atoms with E-state index in [-0.39, 0.29) is 5.56 Å². The molecule has 23 heavy (non-hydrogen) atoms. The molecule has 0 unspecified atom stereocenters. The summed E-state index contributed by atoms with van der Waals surface area (Å²) in [6.07, 6.45) is 1.79. The SMILES string of the molecule is O=C(O)c1ccc2nc(Nc3cc4ccccc4cn3)[nH]c2c1. The Morgan fingerprint density at radius 3 is 2.74 bits per heavy atom. The van der Waals surface area contributed by atoms with Crippen molar-refractivity contribution >= 4 is 39.5 Å². The molecule has 0 saturated heterocycles. The zero-order valence-electron chi connectivity index (χ0n) is 11.9. The smallest absolute Gasteiger partial charge is 0.335 e. The van der Waals surface area contributed by atoms with E-state index in [2.05, 4.69) is 20.3 Å². The van der Waals surface area contributed by atoms with Crippen molar-refractivity contribution in [1.82, 2.24) is 15.0 Å². The topological polar surface area (TPSA) is 90.9 Å². The van der Waals surface area contributed by atoms with Crippen molar-refractivity contribution in [2.75, 3.05) is 5.32 Å². The second-order valence-electron chi connectivity index (χ2n) is 5.16. The first-order chi connectivity index (χ1) is 11.2. The minimum absolute atomic E-state index is 0.219. The van der Waals surface area contributed by atoms with Gasteiger partial charge in [-0.2, -0.15) is 0 Å². The minimum atomic E-state index is -0.966. The molecule has 0 aliphatic rings. The van der Waals surface area contributed by atoms with Crippen LogP contribution in [0.25, 0.3) is 21.8 Å². The molecule has 0 aliphatic heterocycles. The van der Waals surface area contributed by atoms with Crippen LogP contribution < -0.4 is 5.32 Å². The standard InChI is InChI=1S/C17H12N4O2/c22-16(23)11-5-6-13-14(7-11)20-17(19-13)21-15-8-10-3-1-2-4-12(10)9-18-15/h1-9H,(H,22,23)(H2,18,19,20,21). The maximum Gasteiger partial charge on any atom is 0.335 e. The van der Waals surface area contributed by atoms with Crippen LogP contribution in [-0.4, -0.2) is 26.0 Å². The van der Waals surface area contributed by atoms with Crippen molar-refractivity contribution in [3.63, 3.8) is 0 Å². The number of nitrogens with one attached hydrogen (secondary N) is 2. The number of anilines is 2. The first-order valence-electron chi connectivity index (χ1n) is 7.04. The van der Waals surface area contributed by atoms with Crippen LogP contribution in [0.3, 0.4) is 0 Å². The Morgan fingerprint density at radius 1 is 1.09 bits per heavy atom. The molecule has 0 radical (unpaired) electrons. The van der Waals surface area contributed by atoms with E-state index in [1.807, 2.05) is 30.3 Å². The number of carboxylic acids is 1. The number of aromatic nitrogens is 3. The fourth-order valence-corrected chi connectivity index (χ4v) is 2.48. The molecule has 112 valence electrons. The van der Waals surface area contributed by atoms with E-state index in [1.165, 1.54) is 6.07 Å². The Labute approximate surface area is 130 Å². The lowest BCUT2D eigenvalue weighted by atomic mass is 10.2. The lowest BCUT2D eigenvalue weighted by Gasteiger charge is -2.03. The molecule has 2 aromatic carbocycles. The van der Waals surface area contributed by atoms with Crippen molar-refractivity contribution in [3.8, 4) is 0 Å². The van der Waals surface area contributed by atoms with Gasteiger partial charge < -0.3 is 15.4 Å². The van der Waals surface area contributed by atoms with E-state index in [1.54, 1.807) is 18.3 Å². The molecule has 3 N–H and O–H groups in total. The summed E-state index contributed by atoms with van der Waals surface area (Å²) in [4.78, 5) is 22.8. The highest BCUT2D eigenvalue weighted by Gasteiger charge is 2.08. The Balaban J connectivity index is 1.69. The highest BCUT2D eigenvalue weighted by molar-refractivity contribution is 5.93. The second kappa shape index (κ2) is 5.10. The van der Waals surface area contributed by atoms with E-state index >= 15 is 0 Å². The lowest BCUT2D eigenvalue weighted by Crippen LogP contribution is -1.95. The van der Waals surface area contributed by atoms with Crippen LogP contribution in [0.15, 0.2) is 54.7 Å². The van der Waals surface area contributed by atoms with Gasteiger partial charge in [0.15, 0.2) is 0 Å². The van der Waals surface area contributed by atoms with E-state index in [0.29, 0.717) is 22.8 Å². The van der Waals surface area contributed by atoms with Gasteiger partial charge in [0.05, 0.1) is 16.6 Å². The van der Waals surface area contributed by atoms with E-state index in [0.717, 1.165) is 10.8 Å². The number of rotatable bonds is 3. The van der Waals surface area contributed by atoms with Gasteiger partial charge in [0.1, 0.15) is 5.82 Å². The number of H-pyrrole nitrogens is 1. The van der Waals surface area contributed by atoms with Crippen molar-refractivity contribution in [1.29, 1.82) is 0 Å².